The first kappa shape index (κ1) is 28.4. The van der Waals surface area contributed by atoms with Crippen LogP contribution in [0.15, 0.2) is 78.4 Å². The second-order valence-corrected chi connectivity index (χ2v) is 10.8. The Hall–Kier alpha value is -4.10. The Morgan fingerprint density at radius 2 is 1.76 bits per heavy atom. The van der Waals surface area contributed by atoms with Crippen LogP contribution in [-0.2, 0) is 22.6 Å². The molecule has 41 heavy (non-hydrogen) atoms. The first-order valence-electron chi connectivity index (χ1n) is 14.6. The number of ether oxygens (including phenoxy) is 2. The Bertz CT molecular complexity index is 1410. The molecule has 1 saturated heterocycles. The van der Waals surface area contributed by atoms with Crippen LogP contribution >= 0.6 is 0 Å². The summed E-state index contributed by atoms with van der Waals surface area (Å²) in [5.74, 6) is -0.307. The van der Waals surface area contributed by atoms with E-state index in [2.05, 4.69) is 13.8 Å². The van der Waals surface area contributed by atoms with Gasteiger partial charge in [0.25, 0.3) is 5.91 Å². The molecule has 7 nitrogen and oxygen atoms in total. The maximum absolute atomic E-state index is 13.9. The van der Waals surface area contributed by atoms with Crippen molar-refractivity contribution >= 4 is 17.4 Å². The van der Waals surface area contributed by atoms with E-state index < -0.39 is 23.5 Å². The molecule has 0 saturated carbocycles. The Morgan fingerprint density at radius 1 is 1.02 bits per heavy atom. The molecule has 0 aromatic heterocycles. The second kappa shape index (κ2) is 12.6. The number of likely N-dealkylation sites (tertiary alicyclic amines) is 1. The number of amides is 1. The van der Waals surface area contributed by atoms with Gasteiger partial charge >= 0.3 is 0 Å². The smallest absolute Gasteiger partial charge is 0.295 e. The summed E-state index contributed by atoms with van der Waals surface area (Å²) in [7, 11) is 0. The van der Waals surface area contributed by atoms with Crippen LogP contribution in [0.2, 0.25) is 0 Å². The van der Waals surface area contributed by atoms with E-state index in [9.17, 15) is 14.7 Å². The Morgan fingerprint density at radius 3 is 2.46 bits per heavy atom. The second-order valence-electron chi connectivity index (χ2n) is 10.8. The third kappa shape index (κ3) is 6.15. The fourth-order valence-electron chi connectivity index (χ4n) is 5.76. The molecule has 2 aliphatic heterocycles. The van der Waals surface area contributed by atoms with Crippen LogP contribution in [0.4, 0.5) is 0 Å². The van der Waals surface area contributed by atoms with Crippen LogP contribution in [0.5, 0.6) is 11.5 Å². The fourth-order valence-corrected chi connectivity index (χ4v) is 5.76. The molecule has 3 aromatic carbocycles. The van der Waals surface area contributed by atoms with E-state index in [0.717, 1.165) is 42.9 Å². The number of Topliss-reactive ketones (excluding diaryl/α,β-unsaturated/α-hetero) is 1. The molecule has 0 bridgehead atoms. The van der Waals surface area contributed by atoms with Gasteiger partial charge in [0.05, 0.1) is 25.7 Å². The molecule has 2 aliphatic rings. The number of carbonyl (C=O) groups is 2. The molecular weight excluding hydrogens is 516 g/mol. The average molecular weight is 555 g/mol. The maximum Gasteiger partial charge on any atom is 0.295 e. The van der Waals surface area contributed by atoms with Crippen LogP contribution < -0.4 is 19.5 Å². The number of ketones is 1. The van der Waals surface area contributed by atoms with Crippen molar-refractivity contribution in [3.8, 4) is 11.5 Å². The van der Waals surface area contributed by atoms with E-state index in [1.54, 1.807) is 23.1 Å². The molecule has 1 fully saturated rings. The third-order valence-electron chi connectivity index (χ3n) is 8.06. The zero-order valence-corrected chi connectivity index (χ0v) is 24.0. The largest absolute Gasteiger partial charge is 0.872 e. The molecule has 3 aromatic rings. The van der Waals surface area contributed by atoms with E-state index >= 15 is 0 Å². The lowest BCUT2D eigenvalue weighted by Gasteiger charge is -2.28. The van der Waals surface area contributed by atoms with Gasteiger partial charge in [-0.15, -0.1) is 0 Å². The molecule has 2 unspecified atom stereocenters. The van der Waals surface area contributed by atoms with E-state index in [1.807, 2.05) is 61.5 Å². The molecule has 2 atom stereocenters. The van der Waals surface area contributed by atoms with Gasteiger partial charge in [-0.3, -0.25) is 9.59 Å². The summed E-state index contributed by atoms with van der Waals surface area (Å²) in [6.07, 6.45) is 1.48. The van der Waals surface area contributed by atoms with Gasteiger partial charge in [-0.25, -0.2) is 0 Å². The number of carbonyl (C=O) groups excluding carboxylic acids is 2. The molecular formula is C34H38N2O5. The molecule has 5 rings (SSSR count). The number of hydrogen-bond donors (Lipinski definition) is 1. The normalized spacial score (nSPS) is 19.5. The van der Waals surface area contributed by atoms with Gasteiger partial charge in [0.15, 0.2) is 0 Å². The van der Waals surface area contributed by atoms with E-state index in [4.69, 9.17) is 9.47 Å². The highest BCUT2D eigenvalue weighted by atomic mass is 16.5. The minimum absolute atomic E-state index is 0.00931. The summed E-state index contributed by atoms with van der Waals surface area (Å²) in [6.45, 7) is 9.96. The lowest BCUT2D eigenvalue weighted by Crippen LogP contribution is -3.11. The summed E-state index contributed by atoms with van der Waals surface area (Å²) in [5, 5.41) is 13.9. The quantitative estimate of drug-likeness (QED) is 0.224. The van der Waals surface area contributed by atoms with Crippen molar-refractivity contribution in [2.24, 2.45) is 0 Å². The van der Waals surface area contributed by atoms with E-state index in [-0.39, 0.29) is 11.7 Å². The highest BCUT2D eigenvalue weighted by molar-refractivity contribution is 6.46. The summed E-state index contributed by atoms with van der Waals surface area (Å²) in [5.41, 5.74) is 3.12. The van der Waals surface area contributed by atoms with Gasteiger partial charge in [-0.05, 0) is 67.3 Å². The van der Waals surface area contributed by atoms with Gasteiger partial charge in [-0.2, -0.15) is 0 Å². The number of quaternary nitrogens is 1. The standard InChI is InChI=1S/C34H38N2O5/c1-4-35(5-2)18-9-19-36-31(25-12-15-28(16-13-25)40-22-24-10-7-6-8-11-24)30(33(38)34(36)39)32(37)26-14-17-29-27(21-26)20-23(3)41-29/h6-8,10-17,21,23,31,37H,4-5,9,18-20,22H2,1-3H3/b32-30+. The van der Waals surface area contributed by atoms with Gasteiger partial charge in [0.2, 0.25) is 5.78 Å². The maximum atomic E-state index is 13.9. The summed E-state index contributed by atoms with van der Waals surface area (Å²) >= 11 is 0. The molecule has 0 spiro atoms. The number of nitrogens with zero attached hydrogens (tertiary/aromatic N) is 1. The summed E-state index contributed by atoms with van der Waals surface area (Å²) in [4.78, 5) is 29.8. The molecule has 0 radical (unpaired) electrons. The zero-order valence-electron chi connectivity index (χ0n) is 24.0. The van der Waals surface area contributed by atoms with Gasteiger partial charge < -0.3 is 24.4 Å². The number of fused-ring (bicyclic) bond motifs is 1. The molecule has 0 aliphatic carbocycles. The molecule has 2 heterocycles. The van der Waals surface area contributed by atoms with Crippen LogP contribution in [0.3, 0.4) is 0 Å². The average Bonchev–Trinajstić information content (AvgIpc) is 3.49. The third-order valence-corrected chi connectivity index (χ3v) is 8.06. The van der Waals surface area contributed by atoms with Crippen LogP contribution in [0, 0.1) is 0 Å². The predicted octanol–water partition coefficient (Wildman–Crippen LogP) is 3.13. The number of hydrogen-bond acceptors (Lipinski definition) is 5. The van der Waals surface area contributed by atoms with Crippen molar-refractivity contribution in [1.29, 1.82) is 0 Å². The van der Waals surface area contributed by atoms with Crippen molar-refractivity contribution in [3.05, 3.63) is 101 Å². The van der Waals surface area contributed by atoms with Crippen molar-refractivity contribution < 1.29 is 29.1 Å². The number of nitrogens with one attached hydrogen (secondary N) is 1. The van der Waals surface area contributed by atoms with Gasteiger partial charge in [-0.1, -0.05) is 54.3 Å². The van der Waals surface area contributed by atoms with Crippen LogP contribution in [-0.4, -0.2) is 48.9 Å². The minimum atomic E-state index is -0.749. The lowest BCUT2D eigenvalue weighted by molar-refractivity contribution is -0.896. The topological polar surface area (TPSA) is 83.3 Å². The monoisotopic (exact) mass is 554 g/mol. The molecule has 7 heteroatoms. The van der Waals surface area contributed by atoms with Crippen molar-refractivity contribution in [2.45, 2.75) is 52.4 Å². The van der Waals surface area contributed by atoms with Crippen molar-refractivity contribution in [1.82, 2.24) is 4.90 Å². The van der Waals surface area contributed by atoms with Crippen molar-refractivity contribution in [3.63, 3.8) is 0 Å². The first-order chi connectivity index (χ1) is 19.9. The highest BCUT2D eigenvalue weighted by Gasteiger charge is 2.44. The number of rotatable bonds is 11. The molecule has 214 valence electrons. The Labute approximate surface area is 242 Å². The van der Waals surface area contributed by atoms with Crippen LogP contribution in [0.25, 0.3) is 5.76 Å². The highest BCUT2D eigenvalue weighted by Crippen LogP contribution is 2.40. The lowest BCUT2D eigenvalue weighted by atomic mass is 9.94. The summed E-state index contributed by atoms with van der Waals surface area (Å²) in [6, 6.07) is 21.8. The van der Waals surface area contributed by atoms with Crippen molar-refractivity contribution in [2.75, 3.05) is 26.2 Å². The zero-order chi connectivity index (χ0) is 28.9. The Kier molecular flexibility index (Phi) is 8.74. The minimum Gasteiger partial charge on any atom is -0.872 e. The van der Waals surface area contributed by atoms with E-state index in [0.29, 0.717) is 36.4 Å². The van der Waals surface area contributed by atoms with Crippen LogP contribution in [0.1, 0.15) is 55.5 Å². The van der Waals surface area contributed by atoms with Gasteiger partial charge in [0.1, 0.15) is 24.2 Å². The number of benzene rings is 3. The van der Waals surface area contributed by atoms with Gasteiger partial charge in [0, 0.05) is 25.0 Å². The first-order valence-corrected chi connectivity index (χ1v) is 14.6. The Balaban J connectivity index is 1.46. The SMILES string of the molecule is CC[NH+](CC)CCCN1C(=O)C(=O)/C(=C(/[O-])c2ccc3c(c2)CC(C)O3)C1c1ccc(OCc2ccccc2)cc1. The predicted molar refractivity (Wildman–Crippen MR) is 155 cm³/mol. The molecule has 1 N–H and O–H groups in total. The van der Waals surface area contributed by atoms with E-state index in [1.165, 1.54) is 4.90 Å². The molecule has 1 amide bonds. The summed E-state index contributed by atoms with van der Waals surface area (Å²) < 4.78 is 11.7. The fraction of sp³-hybridized carbons (Fsp3) is 0.353.